The van der Waals surface area contributed by atoms with E-state index in [1.807, 2.05) is 25.1 Å². The highest BCUT2D eigenvalue weighted by atomic mass is 35.5. The standard InChI is InChI=1S/C26H26ClN3O5S2/c1-17-14-19(27)15-23-24(17)28-26(36-23)30(16-21-4-3-13-35-21)25(31)18-9-11-29(12-10-18)37(32,33)22-7-5-20(34-2)6-8-22/h3-8,13-15,18H,9-12,16H2,1-2H3. The summed E-state index contributed by atoms with van der Waals surface area (Å²) < 4.78 is 39.3. The summed E-state index contributed by atoms with van der Waals surface area (Å²) in [6.45, 7) is 2.69. The van der Waals surface area contributed by atoms with Gasteiger partial charge in [-0.2, -0.15) is 4.31 Å². The molecule has 8 nitrogen and oxygen atoms in total. The van der Waals surface area contributed by atoms with Crippen molar-refractivity contribution < 1.29 is 22.4 Å². The van der Waals surface area contributed by atoms with Gasteiger partial charge in [0.1, 0.15) is 11.5 Å². The van der Waals surface area contributed by atoms with Gasteiger partial charge in [-0.15, -0.1) is 0 Å². The van der Waals surface area contributed by atoms with Gasteiger partial charge in [-0.05, 0) is 73.9 Å². The van der Waals surface area contributed by atoms with Gasteiger partial charge in [0.15, 0.2) is 5.13 Å². The number of carbonyl (C=O) groups excluding carboxylic acids is 1. The molecule has 37 heavy (non-hydrogen) atoms. The van der Waals surface area contributed by atoms with Crippen LogP contribution in [0.2, 0.25) is 5.02 Å². The third kappa shape index (κ3) is 5.24. The van der Waals surface area contributed by atoms with Crippen molar-refractivity contribution in [1.82, 2.24) is 9.29 Å². The molecule has 3 heterocycles. The second-order valence-electron chi connectivity index (χ2n) is 8.92. The Morgan fingerprint density at radius 2 is 1.95 bits per heavy atom. The van der Waals surface area contributed by atoms with Crippen LogP contribution in [0.15, 0.2) is 64.1 Å². The van der Waals surface area contributed by atoms with E-state index in [9.17, 15) is 13.2 Å². The number of nitrogens with zero attached hydrogens (tertiary/aromatic N) is 3. The van der Waals surface area contributed by atoms with Crippen LogP contribution in [0.25, 0.3) is 10.2 Å². The van der Waals surface area contributed by atoms with Gasteiger partial charge in [-0.25, -0.2) is 13.4 Å². The molecule has 1 saturated heterocycles. The molecule has 1 aliphatic heterocycles. The lowest BCUT2D eigenvalue weighted by atomic mass is 9.96. The van der Waals surface area contributed by atoms with E-state index in [1.165, 1.54) is 34.9 Å². The van der Waals surface area contributed by atoms with Crippen molar-refractivity contribution in [3.63, 3.8) is 0 Å². The molecule has 0 spiro atoms. The van der Waals surface area contributed by atoms with Gasteiger partial charge >= 0.3 is 0 Å². The third-order valence-corrected chi connectivity index (χ3v) is 9.69. The minimum atomic E-state index is -3.66. The number of benzene rings is 2. The second-order valence-corrected chi connectivity index (χ2v) is 12.3. The number of anilines is 1. The maximum Gasteiger partial charge on any atom is 0.243 e. The number of aromatic nitrogens is 1. The fraction of sp³-hybridized carbons (Fsp3) is 0.308. The Hall–Kier alpha value is -2.92. The fourth-order valence-corrected chi connectivity index (χ4v) is 7.41. The molecule has 2 aromatic heterocycles. The Morgan fingerprint density at radius 1 is 1.22 bits per heavy atom. The van der Waals surface area contributed by atoms with Crippen LogP contribution in [0.1, 0.15) is 24.2 Å². The molecule has 5 rings (SSSR count). The van der Waals surface area contributed by atoms with Gasteiger partial charge < -0.3 is 9.15 Å². The van der Waals surface area contributed by atoms with E-state index >= 15 is 0 Å². The number of aryl methyl sites for hydroxylation is 1. The Labute approximate surface area is 224 Å². The first-order valence-electron chi connectivity index (χ1n) is 11.8. The Kier molecular flexibility index (Phi) is 7.26. The molecular weight excluding hydrogens is 534 g/mol. The van der Waals surface area contributed by atoms with Gasteiger partial charge in [-0.1, -0.05) is 22.9 Å². The van der Waals surface area contributed by atoms with Crippen LogP contribution in [-0.2, 0) is 21.4 Å². The van der Waals surface area contributed by atoms with Gasteiger partial charge in [0, 0.05) is 24.0 Å². The second kappa shape index (κ2) is 10.4. The Bertz CT molecular complexity index is 1510. The number of hydrogen-bond donors (Lipinski definition) is 0. The zero-order chi connectivity index (χ0) is 26.2. The highest BCUT2D eigenvalue weighted by molar-refractivity contribution is 7.89. The highest BCUT2D eigenvalue weighted by Gasteiger charge is 2.35. The number of methoxy groups -OCH3 is 1. The largest absolute Gasteiger partial charge is 0.497 e. The van der Waals surface area contributed by atoms with E-state index in [2.05, 4.69) is 0 Å². The van der Waals surface area contributed by atoms with E-state index in [-0.39, 0.29) is 36.4 Å². The van der Waals surface area contributed by atoms with E-state index in [0.717, 1.165) is 15.8 Å². The lowest BCUT2D eigenvalue weighted by molar-refractivity contribution is -0.123. The van der Waals surface area contributed by atoms with Gasteiger partial charge in [0.25, 0.3) is 0 Å². The molecule has 1 amide bonds. The summed E-state index contributed by atoms with van der Waals surface area (Å²) in [5, 5.41) is 1.18. The summed E-state index contributed by atoms with van der Waals surface area (Å²) in [5.41, 5.74) is 1.74. The smallest absolute Gasteiger partial charge is 0.243 e. The molecule has 0 saturated carbocycles. The number of halogens is 1. The number of furan rings is 1. The first kappa shape index (κ1) is 25.7. The van der Waals surface area contributed by atoms with Crippen LogP contribution >= 0.6 is 22.9 Å². The Morgan fingerprint density at radius 3 is 2.59 bits per heavy atom. The van der Waals surface area contributed by atoms with Crippen molar-refractivity contribution >= 4 is 54.2 Å². The number of amides is 1. The topological polar surface area (TPSA) is 93.0 Å². The average molecular weight is 560 g/mol. The van der Waals surface area contributed by atoms with Gasteiger partial charge in [0.2, 0.25) is 15.9 Å². The lowest BCUT2D eigenvalue weighted by Crippen LogP contribution is -2.44. The first-order valence-corrected chi connectivity index (χ1v) is 14.4. The molecule has 0 atom stereocenters. The molecule has 11 heteroatoms. The number of thiazole rings is 1. The van der Waals surface area contributed by atoms with E-state index in [1.54, 1.807) is 29.4 Å². The van der Waals surface area contributed by atoms with Gasteiger partial charge in [-0.3, -0.25) is 9.69 Å². The number of rotatable bonds is 7. The monoisotopic (exact) mass is 559 g/mol. The molecule has 1 aliphatic rings. The lowest BCUT2D eigenvalue weighted by Gasteiger charge is -2.32. The van der Waals surface area contributed by atoms with E-state index < -0.39 is 10.0 Å². The molecule has 194 valence electrons. The minimum absolute atomic E-state index is 0.0966. The molecule has 0 radical (unpaired) electrons. The number of carbonyl (C=O) groups is 1. The van der Waals surface area contributed by atoms with Crippen LogP contribution in [0.5, 0.6) is 5.75 Å². The van der Waals surface area contributed by atoms with Crippen LogP contribution < -0.4 is 9.64 Å². The summed E-state index contributed by atoms with van der Waals surface area (Å²) in [6, 6.07) is 13.6. The van der Waals surface area contributed by atoms with Crippen molar-refractivity contribution in [2.75, 3.05) is 25.1 Å². The average Bonchev–Trinajstić information content (AvgIpc) is 3.57. The highest BCUT2D eigenvalue weighted by Crippen LogP contribution is 2.35. The van der Waals surface area contributed by atoms with Crippen LogP contribution in [0.3, 0.4) is 0 Å². The van der Waals surface area contributed by atoms with Crippen LogP contribution in [0, 0.1) is 12.8 Å². The molecule has 1 fully saturated rings. The molecular formula is C26H26ClN3O5S2. The summed E-state index contributed by atoms with van der Waals surface area (Å²) >= 11 is 7.65. The van der Waals surface area contributed by atoms with E-state index in [4.69, 9.17) is 25.7 Å². The number of sulfonamides is 1. The SMILES string of the molecule is COc1ccc(S(=O)(=O)N2CCC(C(=O)N(Cc3ccco3)c3nc4c(C)cc(Cl)cc4s3)CC2)cc1. The minimum Gasteiger partial charge on any atom is -0.497 e. The zero-order valence-corrected chi connectivity index (χ0v) is 22.8. The number of piperidine rings is 1. The predicted molar refractivity (Wildman–Crippen MR) is 144 cm³/mol. The van der Waals surface area contributed by atoms with Crippen molar-refractivity contribution in [2.24, 2.45) is 5.92 Å². The van der Waals surface area contributed by atoms with Crippen LogP contribution in [-0.4, -0.2) is 43.8 Å². The predicted octanol–water partition coefficient (Wildman–Crippen LogP) is 5.49. The quantitative estimate of drug-likeness (QED) is 0.297. The maximum absolute atomic E-state index is 13.8. The normalized spacial score (nSPS) is 15.2. The van der Waals surface area contributed by atoms with Crippen molar-refractivity contribution in [3.8, 4) is 5.75 Å². The van der Waals surface area contributed by atoms with Gasteiger partial charge in [0.05, 0.1) is 35.0 Å². The molecule has 0 aliphatic carbocycles. The molecule has 0 unspecified atom stereocenters. The molecule has 2 aromatic carbocycles. The van der Waals surface area contributed by atoms with Crippen molar-refractivity contribution in [3.05, 3.63) is 71.1 Å². The summed E-state index contributed by atoms with van der Waals surface area (Å²) in [4.78, 5) is 20.4. The third-order valence-electron chi connectivity index (χ3n) is 6.53. The summed E-state index contributed by atoms with van der Waals surface area (Å²) in [5.74, 6) is 0.795. The number of fused-ring (bicyclic) bond motifs is 1. The van der Waals surface area contributed by atoms with E-state index in [0.29, 0.717) is 34.5 Å². The zero-order valence-electron chi connectivity index (χ0n) is 20.4. The summed E-state index contributed by atoms with van der Waals surface area (Å²) in [7, 11) is -2.13. The molecule has 0 bridgehead atoms. The molecule has 0 N–H and O–H groups in total. The molecule has 4 aromatic rings. The van der Waals surface area contributed by atoms with Crippen molar-refractivity contribution in [1.29, 1.82) is 0 Å². The number of ether oxygens (including phenoxy) is 1. The van der Waals surface area contributed by atoms with Crippen LogP contribution in [0.4, 0.5) is 5.13 Å². The first-order chi connectivity index (χ1) is 17.8. The fourth-order valence-electron chi connectivity index (χ4n) is 4.52. The Balaban J connectivity index is 1.36. The van der Waals surface area contributed by atoms with Crippen molar-refractivity contribution in [2.45, 2.75) is 31.2 Å². The number of hydrogen-bond acceptors (Lipinski definition) is 7. The summed E-state index contributed by atoms with van der Waals surface area (Å²) in [6.07, 6.45) is 2.40. The maximum atomic E-state index is 13.8.